The molecule has 112 valence electrons. The standard InChI is InChI=1S/C13H18F2N2O3/c1-8(6-18)16-13(19)17-12(7-20-2)9-3-4-10(14)11(15)5-9/h3-5,8,12,18H,6-7H2,1-2H3,(H2,16,17,19)/t8-,12?/m0/s1. The molecule has 0 bridgehead atoms. The van der Waals surface area contributed by atoms with E-state index in [-0.39, 0.29) is 13.2 Å². The van der Waals surface area contributed by atoms with Crippen LogP contribution in [0, 0.1) is 11.6 Å². The van der Waals surface area contributed by atoms with Gasteiger partial charge in [0, 0.05) is 7.11 Å². The molecule has 0 fully saturated rings. The van der Waals surface area contributed by atoms with E-state index in [0.29, 0.717) is 5.56 Å². The number of halogens is 2. The minimum atomic E-state index is -0.991. The molecule has 0 saturated heterocycles. The summed E-state index contributed by atoms with van der Waals surface area (Å²) in [7, 11) is 1.43. The predicted octanol–water partition coefficient (Wildman–Crippen LogP) is 1.33. The number of carbonyl (C=O) groups is 1. The first-order valence-electron chi connectivity index (χ1n) is 6.09. The van der Waals surface area contributed by atoms with Crippen molar-refractivity contribution in [1.29, 1.82) is 0 Å². The fraction of sp³-hybridized carbons (Fsp3) is 0.462. The summed E-state index contributed by atoms with van der Waals surface area (Å²) in [6.45, 7) is 1.53. The van der Waals surface area contributed by atoms with E-state index in [1.54, 1.807) is 6.92 Å². The lowest BCUT2D eigenvalue weighted by atomic mass is 10.1. The fourth-order valence-electron chi connectivity index (χ4n) is 1.59. The lowest BCUT2D eigenvalue weighted by Crippen LogP contribution is -2.44. The molecule has 2 atom stereocenters. The summed E-state index contributed by atoms with van der Waals surface area (Å²) in [5.41, 5.74) is 0.387. The maximum absolute atomic E-state index is 13.2. The average Bonchev–Trinajstić information content (AvgIpc) is 2.41. The summed E-state index contributed by atoms with van der Waals surface area (Å²) in [5.74, 6) is -1.95. The van der Waals surface area contributed by atoms with Crippen molar-refractivity contribution in [2.75, 3.05) is 20.3 Å². The Morgan fingerprint density at radius 3 is 2.60 bits per heavy atom. The minimum absolute atomic E-state index is 0.103. The van der Waals surface area contributed by atoms with Crippen LogP contribution in [0.4, 0.5) is 13.6 Å². The Kier molecular flexibility index (Phi) is 6.33. The Morgan fingerprint density at radius 2 is 2.05 bits per heavy atom. The van der Waals surface area contributed by atoms with E-state index in [2.05, 4.69) is 10.6 Å². The van der Waals surface area contributed by atoms with Crippen LogP contribution in [0.25, 0.3) is 0 Å². The normalized spacial score (nSPS) is 13.7. The molecule has 3 N–H and O–H groups in total. The monoisotopic (exact) mass is 288 g/mol. The molecule has 0 heterocycles. The summed E-state index contributed by atoms with van der Waals surface area (Å²) in [5, 5.41) is 13.9. The molecule has 2 amide bonds. The van der Waals surface area contributed by atoms with Crippen LogP contribution in [0.15, 0.2) is 18.2 Å². The highest BCUT2D eigenvalue weighted by molar-refractivity contribution is 5.74. The van der Waals surface area contributed by atoms with Gasteiger partial charge in [-0.25, -0.2) is 13.6 Å². The first-order valence-corrected chi connectivity index (χ1v) is 6.09. The molecule has 1 aromatic rings. The van der Waals surface area contributed by atoms with Gasteiger partial charge in [-0.15, -0.1) is 0 Å². The van der Waals surface area contributed by atoms with Crippen molar-refractivity contribution >= 4 is 6.03 Å². The molecule has 5 nitrogen and oxygen atoms in total. The molecule has 0 saturated carbocycles. The van der Waals surface area contributed by atoms with Crippen LogP contribution in [0.5, 0.6) is 0 Å². The zero-order valence-corrected chi connectivity index (χ0v) is 11.3. The number of aliphatic hydroxyl groups is 1. The van der Waals surface area contributed by atoms with Gasteiger partial charge in [0.2, 0.25) is 0 Å². The maximum atomic E-state index is 13.2. The van der Waals surface area contributed by atoms with Crippen molar-refractivity contribution in [2.24, 2.45) is 0 Å². The maximum Gasteiger partial charge on any atom is 0.315 e. The van der Waals surface area contributed by atoms with Crippen molar-refractivity contribution in [2.45, 2.75) is 19.0 Å². The van der Waals surface area contributed by atoms with E-state index < -0.39 is 29.7 Å². The summed E-state index contributed by atoms with van der Waals surface area (Å²) in [6, 6.07) is 1.80. The van der Waals surface area contributed by atoms with Crippen LogP contribution >= 0.6 is 0 Å². The van der Waals surface area contributed by atoms with Crippen LogP contribution in [-0.2, 0) is 4.74 Å². The van der Waals surface area contributed by atoms with Crippen LogP contribution in [0.1, 0.15) is 18.5 Å². The van der Waals surface area contributed by atoms with Crippen molar-refractivity contribution in [3.05, 3.63) is 35.4 Å². The highest BCUT2D eigenvalue weighted by Crippen LogP contribution is 2.16. The van der Waals surface area contributed by atoms with Gasteiger partial charge in [0.1, 0.15) is 0 Å². The number of aliphatic hydroxyl groups excluding tert-OH is 1. The van der Waals surface area contributed by atoms with E-state index in [1.165, 1.54) is 13.2 Å². The molecule has 0 spiro atoms. The molecule has 1 unspecified atom stereocenters. The van der Waals surface area contributed by atoms with E-state index in [4.69, 9.17) is 9.84 Å². The average molecular weight is 288 g/mol. The number of carbonyl (C=O) groups excluding carboxylic acids is 1. The molecule has 1 aromatic carbocycles. The van der Waals surface area contributed by atoms with Gasteiger partial charge in [0.05, 0.1) is 25.3 Å². The predicted molar refractivity (Wildman–Crippen MR) is 69.2 cm³/mol. The van der Waals surface area contributed by atoms with E-state index in [1.807, 2.05) is 0 Å². The van der Waals surface area contributed by atoms with Crippen LogP contribution in [-0.4, -0.2) is 37.5 Å². The molecule has 0 aliphatic heterocycles. The molecule has 1 rings (SSSR count). The van der Waals surface area contributed by atoms with Crippen molar-refractivity contribution in [1.82, 2.24) is 10.6 Å². The molecule has 7 heteroatoms. The van der Waals surface area contributed by atoms with Crippen molar-refractivity contribution in [3.8, 4) is 0 Å². The van der Waals surface area contributed by atoms with Gasteiger partial charge in [-0.1, -0.05) is 6.07 Å². The second-order valence-electron chi connectivity index (χ2n) is 4.38. The van der Waals surface area contributed by atoms with E-state index in [0.717, 1.165) is 12.1 Å². The largest absolute Gasteiger partial charge is 0.394 e. The van der Waals surface area contributed by atoms with Crippen LogP contribution in [0.2, 0.25) is 0 Å². The molecule has 0 radical (unpaired) electrons. The molecular formula is C13H18F2N2O3. The summed E-state index contributed by atoms with van der Waals surface area (Å²) < 4.78 is 31.1. The Labute approximate surface area is 115 Å². The number of nitrogens with one attached hydrogen (secondary N) is 2. The zero-order chi connectivity index (χ0) is 15.1. The fourth-order valence-corrected chi connectivity index (χ4v) is 1.59. The lowest BCUT2D eigenvalue weighted by molar-refractivity contribution is 0.164. The molecule has 0 aliphatic carbocycles. The Bertz CT molecular complexity index is 457. The third-order valence-corrected chi connectivity index (χ3v) is 2.64. The number of hydrogen-bond acceptors (Lipinski definition) is 3. The first kappa shape index (κ1) is 16.3. The third-order valence-electron chi connectivity index (χ3n) is 2.64. The van der Waals surface area contributed by atoms with Gasteiger partial charge in [-0.2, -0.15) is 0 Å². The molecule has 20 heavy (non-hydrogen) atoms. The highest BCUT2D eigenvalue weighted by atomic mass is 19.2. The number of rotatable bonds is 6. The summed E-state index contributed by atoms with van der Waals surface area (Å²) in [4.78, 5) is 11.7. The van der Waals surface area contributed by atoms with Gasteiger partial charge in [-0.3, -0.25) is 0 Å². The third kappa shape index (κ3) is 4.75. The Morgan fingerprint density at radius 1 is 1.35 bits per heavy atom. The van der Waals surface area contributed by atoms with Crippen LogP contribution in [0.3, 0.4) is 0 Å². The zero-order valence-electron chi connectivity index (χ0n) is 11.3. The second kappa shape index (κ2) is 7.76. The molecular weight excluding hydrogens is 270 g/mol. The number of urea groups is 1. The highest BCUT2D eigenvalue weighted by Gasteiger charge is 2.17. The van der Waals surface area contributed by atoms with E-state index >= 15 is 0 Å². The lowest BCUT2D eigenvalue weighted by Gasteiger charge is -2.20. The SMILES string of the molecule is COCC(NC(=O)N[C@@H](C)CO)c1ccc(F)c(F)c1. The van der Waals surface area contributed by atoms with Gasteiger partial charge < -0.3 is 20.5 Å². The minimum Gasteiger partial charge on any atom is -0.394 e. The number of benzene rings is 1. The second-order valence-corrected chi connectivity index (χ2v) is 4.38. The Balaban J connectivity index is 2.77. The van der Waals surface area contributed by atoms with Crippen LogP contribution < -0.4 is 10.6 Å². The Hall–Kier alpha value is -1.73. The van der Waals surface area contributed by atoms with Gasteiger partial charge in [-0.05, 0) is 24.6 Å². The number of hydrogen-bond donors (Lipinski definition) is 3. The quantitative estimate of drug-likeness (QED) is 0.739. The van der Waals surface area contributed by atoms with Gasteiger partial charge in [0.15, 0.2) is 11.6 Å². The van der Waals surface area contributed by atoms with Gasteiger partial charge in [0.25, 0.3) is 0 Å². The number of amides is 2. The summed E-state index contributed by atoms with van der Waals surface area (Å²) in [6.07, 6.45) is 0. The summed E-state index contributed by atoms with van der Waals surface area (Å²) >= 11 is 0. The topological polar surface area (TPSA) is 70.6 Å². The van der Waals surface area contributed by atoms with Gasteiger partial charge >= 0.3 is 6.03 Å². The first-order chi connectivity index (χ1) is 9.47. The number of methoxy groups -OCH3 is 1. The van der Waals surface area contributed by atoms with Crippen molar-refractivity contribution < 1.29 is 23.4 Å². The molecule has 0 aliphatic rings. The smallest absolute Gasteiger partial charge is 0.315 e. The van der Waals surface area contributed by atoms with Crippen molar-refractivity contribution in [3.63, 3.8) is 0 Å². The molecule has 0 aromatic heterocycles. The number of ether oxygens (including phenoxy) is 1. The van der Waals surface area contributed by atoms with E-state index in [9.17, 15) is 13.6 Å².